The molecule has 146 valence electrons. The number of nitrogens with one attached hydrogen (secondary N) is 1. The van der Waals surface area contributed by atoms with Gasteiger partial charge in [0.15, 0.2) is 5.96 Å². The van der Waals surface area contributed by atoms with E-state index in [1.165, 1.54) is 6.42 Å². The topological polar surface area (TPSA) is 74.2 Å². The van der Waals surface area contributed by atoms with E-state index >= 15 is 0 Å². The van der Waals surface area contributed by atoms with Crippen molar-refractivity contribution in [1.29, 1.82) is 0 Å². The van der Waals surface area contributed by atoms with Gasteiger partial charge in [-0.3, -0.25) is 9.79 Å². The maximum atomic E-state index is 11.9. The number of nitrogens with zero attached hydrogens (tertiary/aromatic N) is 2. The third kappa shape index (κ3) is 6.92. The van der Waals surface area contributed by atoms with Crippen LogP contribution in [0.1, 0.15) is 58.8 Å². The second-order valence-corrected chi connectivity index (χ2v) is 6.97. The molecule has 0 amide bonds. The predicted molar refractivity (Wildman–Crippen MR) is 110 cm³/mol. The normalized spacial score (nSPS) is 21.4. The van der Waals surface area contributed by atoms with Gasteiger partial charge in [0.1, 0.15) is 0 Å². The van der Waals surface area contributed by atoms with Crippen molar-refractivity contribution in [1.82, 2.24) is 10.2 Å². The Morgan fingerprint density at radius 1 is 1.24 bits per heavy atom. The van der Waals surface area contributed by atoms with Crippen molar-refractivity contribution in [2.45, 2.75) is 64.4 Å². The van der Waals surface area contributed by atoms with Gasteiger partial charge < -0.3 is 20.1 Å². The fourth-order valence-electron chi connectivity index (χ4n) is 3.60. The number of guanidine groups is 1. The van der Waals surface area contributed by atoms with Gasteiger partial charge >= 0.3 is 5.97 Å². The van der Waals surface area contributed by atoms with Gasteiger partial charge in [-0.25, -0.2) is 0 Å². The van der Waals surface area contributed by atoms with Gasteiger partial charge in [-0.1, -0.05) is 19.3 Å². The Labute approximate surface area is 168 Å². The molecule has 0 spiro atoms. The van der Waals surface area contributed by atoms with Crippen molar-refractivity contribution in [2.75, 3.05) is 32.8 Å². The largest absolute Gasteiger partial charge is 0.466 e. The van der Waals surface area contributed by atoms with Crippen molar-refractivity contribution in [3.05, 3.63) is 0 Å². The molecule has 0 radical (unpaired) electrons. The number of halogens is 1. The molecule has 1 aliphatic carbocycles. The molecule has 6 nitrogen and oxygen atoms in total. The lowest BCUT2D eigenvalue weighted by Gasteiger charge is -2.35. The predicted octanol–water partition coefficient (Wildman–Crippen LogP) is 2.54. The first-order valence-electron chi connectivity index (χ1n) is 9.50. The summed E-state index contributed by atoms with van der Waals surface area (Å²) in [6, 6.07) is 0. The Bertz CT molecular complexity index is 431. The van der Waals surface area contributed by atoms with Crippen LogP contribution in [0, 0.1) is 5.92 Å². The van der Waals surface area contributed by atoms with Gasteiger partial charge in [-0.05, 0) is 39.5 Å². The second kappa shape index (κ2) is 11.2. The third-order valence-electron chi connectivity index (χ3n) is 5.06. The summed E-state index contributed by atoms with van der Waals surface area (Å²) in [6.45, 7) is 7.21. The maximum absolute atomic E-state index is 11.9. The summed E-state index contributed by atoms with van der Waals surface area (Å²) in [5.41, 5.74) is -0.637. The van der Waals surface area contributed by atoms with E-state index in [0.717, 1.165) is 64.1 Å². The molecule has 1 aliphatic heterocycles. The monoisotopic (exact) mass is 467 g/mol. The highest BCUT2D eigenvalue weighted by molar-refractivity contribution is 14.0. The fraction of sp³-hybridized carbons (Fsp3) is 0.889. The third-order valence-corrected chi connectivity index (χ3v) is 5.06. The van der Waals surface area contributed by atoms with Crippen LogP contribution in [-0.2, 0) is 9.53 Å². The van der Waals surface area contributed by atoms with E-state index in [1.54, 1.807) is 0 Å². The summed E-state index contributed by atoms with van der Waals surface area (Å²) < 4.78 is 5.13. The number of carbonyl (C=O) groups excluding carboxylic acids is 1. The quantitative estimate of drug-likeness (QED) is 0.282. The minimum Gasteiger partial charge on any atom is -0.466 e. The SMILES string of the molecule is CCNC(=NCC1(O)CCCCC1)N1CCC(C(=O)OCC)CC1.I. The molecule has 0 bridgehead atoms. The van der Waals surface area contributed by atoms with Crippen molar-refractivity contribution in [3.8, 4) is 0 Å². The van der Waals surface area contributed by atoms with Gasteiger partial charge in [-0.15, -0.1) is 24.0 Å². The smallest absolute Gasteiger partial charge is 0.309 e. The molecule has 1 heterocycles. The van der Waals surface area contributed by atoms with Crippen LogP contribution >= 0.6 is 24.0 Å². The van der Waals surface area contributed by atoms with Crippen LogP contribution in [0.2, 0.25) is 0 Å². The van der Waals surface area contributed by atoms with Gasteiger partial charge in [0.05, 0.1) is 24.7 Å². The van der Waals surface area contributed by atoms with Gasteiger partial charge in [-0.2, -0.15) is 0 Å². The number of hydrogen-bond acceptors (Lipinski definition) is 4. The fourth-order valence-corrected chi connectivity index (χ4v) is 3.60. The first kappa shape index (κ1) is 22.5. The summed E-state index contributed by atoms with van der Waals surface area (Å²) in [4.78, 5) is 18.8. The Balaban J connectivity index is 0.00000312. The van der Waals surface area contributed by atoms with Gasteiger partial charge in [0.25, 0.3) is 0 Å². The first-order chi connectivity index (χ1) is 11.6. The molecule has 0 unspecified atom stereocenters. The van der Waals surface area contributed by atoms with Gasteiger partial charge in [0.2, 0.25) is 0 Å². The van der Waals surface area contributed by atoms with E-state index in [-0.39, 0.29) is 35.9 Å². The molecule has 2 aliphatic rings. The Morgan fingerprint density at radius 2 is 1.88 bits per heavy atom. The number of esters is 1. The van der Waals surface area contributed by atoms with Crippen LogP contribution in [0.4, 0.5) is 0 Å². The van der Waals surface area contributed by atoms with E-state index < -0.39 is 5.60 Å². The molecule has 7 heteroatoms. The number of carbonyl (C=O) groups is 1. The summed E-state index contributed by atoms with van der Waals surface area (Å²) in [6.07, 6.45) is 6.69. The van der Waals surface area contributed by atoms with Crippen LogP contribution in [-0.4, -0.2) is 60.3 Å². The number of rotatable bonds is 5. The van der Waals surface area contributed by atoms with E-state index in [2.05, 4.69) is 17.1 Å². The highest BCUT2D eigenvalue weighted by atomic mass is 127. The summed E-state index contributed by atoms with van der Waals surface area (Å²) in [5, 5.41) is 14.0. The molecule has 0 atom stereocenters. The van der Waals surface area contributed by atoms with E-state index in [1.807, 2.05) is 6.92 Å². The minimum atomic E-state index is -0.637. The molecule has 0 aromatic heterocycles. The van der Waals surface area contributed by atoms with E-state index in [0.29, 0.717) is 13.2 Å². The van der Waals surface area contributed by atoms with Crippen molar-refractivity contribution >= 4 is 35.9 Å². The summed E-state index contributed by atoms with van der Waals surface area (Å²) in [7, 11) is 0. The van der Waals surface area contributed by atoms with Crippen molar-refractivity contribution in [2.24, 2.45) is 10.9 Å². The Kier molecular flexibility index (Phi) is 10.1. The van der Waals surface area contributed by atoms with Crippen LogP contribution in [0.25, 0.3) is 0 Å². The summed E-state index contributed by atoms with van der Waals surface area (Å²) >= 11 is 0. The highest BCUT2D eigenvalue weighted by Gasteiger charge is 2.30. The average molecular weight is 467 g/mol. The zero-order chi connectivity index (χ0) is 17.4. The first-order valence-corrected chi connectivity index (χ1v) is 9.50. The van der Waals surface area contributed by atoms with Crippen LogP contribution in [0.3, 0.4) is 0 Å². The van der Waals surface area contributed by atoms with Crippen molar-refractivity contribution < 1.29 is 14.6 Å². The number of aliphatic imine (C=N–C) groups is 1. The number of likely N-dealkylation sites (tertiary alicyclic amines) is 1. The van der Waals surface area contributed by atoms with Gasteiger partial charge in [0, 0.05) is 19.6 Å². The molecular formula is C18H34IN3O3. The zero-order valence-electron chi connectivity index (χ0n) is 15.6. The molecule has 1 saturated carbocycles. The lowest BCUT2D eigenvalue weighted by Crippen LogP contribution is -2.47. The maximum Gasteiger partial charge on any atom is 0.309 e. The van der Waals surface area contributed by atoms with E-state index in [4.69, 9.17) is 9.73 Å². The number of piperidine rings is 1. The molecule has 25 heavy (non-hydrogen) atoms. The molecule has 2 rings (SSSR count). The van der Waals surface area contributed by atoms with Crippen LogP contribution < -0.4 is 5.32 Å². The number of aliphatic hydroxyl groups is 1. The second-order valence-electron chi connectivity index (χ2n) is 6.97. The van der Waals surface area contributed by atoms with Crippen molar-refractivity contribution in [3.63, 3.8) is 0 Å². The number of ether oxygens (including phenoxy) is 1. The number of hydrogen-bond donors (Lipinski definition) is 2. The minimum absolute atomic E-state index is 0. The highest BCUT2D eigenvalue weighted by Crippen LogP contribution is 2.28. The van der Waals surface area contributed by atoms with E-state index in [9.17, 15) is 9.90 Å². The summed E-state index contributed by atoms with van der Waals surface area (Å²) in [5.74, 6) is 0.793. The Hall–Kier alpha value is -0.570. The molecule has 0 aromatic rings. The molecular weight excluding hydrogens is 433 g/mol. The molecule has 2 N–H and O–H groups in total. The molecule has 2 fully saturated rings. The molecule has 0 aromatic carbocycles. The average Bonchev–Trinajstić information content (AvgIpc) is 2.60. The Morgan fingerprint density at radius 3 is 2.44 bits per heavy atom. The van der Waals surface area contributed by atoms with Crippen LogP contribution in [0.5, 0.6) is 0 Å². The zero-order valence-corrected chi connectivity index (χ0v) is 18.0. The molecule has 1 saturated heterocycles. The van der Waals surface area contributed by atoms with Crippen LogP contribution in [0.15, 0.2) is 4.99 Å². The lowest BCUT2D eigenvalue weighted by molar-refractivity contribution is -0.149. The lowest BCUT2D eigenvalue weighted by atomic mass is 9.85. The standard InChI is InChI=1S/C18H33N3O3.HI/c1-3-19-17(20-14-18(23)10-6-5-7-11-18)21-12-8-15(9-13-21)16(22)24-4-2;/h15,23H,3-14H2,1-2H3,(H,19,20);1H.